The van der Waals surface area contributed by atoms with Gasteiger partial charge in [-0.05, 0) is 92.4 Å². The third-order valence-corrected chi connectivity index (χ3v) is 7.31. The third kappa shape index (κ3) is 7.77. The second kappa shape index (κ2) is 13.8. The molecule has 0 radical (unpaired) electrons. The second-order valence-corrected chi connectivity index (χ2v) is 10.7. The van der Waals surface area contributed by atoms with Crippen molar-refractivity contribution in [2.24, 2.45) is 5.73 Å². The second-order valence-electron chi connectivity index (χ2n) is 10.7. The Bertz CT molecular complexity index is 1480. The Hall–Kier alpha value is -4.61. The summed E-state index contributed by atoms with van der Waals surface area (Å²) < 4.78 is 5.49. The molecular weight excluding hydrogens is 528 g/mol. The minimum Gasteiger partial charge on any atom is -0.482 e. The van der Waals surface area contributed by atoms with E-state index in [-0.39, 0.29) is 30.4 Å². The van der Waals surface area contributed by atoms with Crippen LogP contribution in [0.5, 0.6) is 5.75 Å². The van der Waals surface area contributed by atoms with E-state index in [1.165, 1.54) is 0 Å². The molecule has 2 aliphatic rings. The fraction of sp³-hybridized carbons (Fsp3) is 0.324. The van der Waals surface area contributed by atoms with Crippen molar-refractivity contribution in [2.45, 2.75) is 57.5 Å². The SMILES string of the molecule is NCCCCCCC#Cc1ccc(NC(=O)c2ccc(CN(C(=O)c3ccc4c(c3)OCC(=O)N4)C3CC3)cc2)cc1. The first kappa shape index (κ1) is 28.9. The van der Waals surface area contributed by atoms with E-state index in [9.17, 15) is 14.4 Å². The molecule has 0 aromatic heterocycles. The van der Waals surface area contributed by atoms with Gasteiger partial charge in [0.25, 0.3) is 17.7 Å². The molecule has 0 saturated heterocycles. The molecule has 1 saturated carbocycles. The van der Waals surface area contributed by atoms with Crippen LogP contribution in [0, 0.1) is 11.8 Å². The predicted molar refractivity (Wildman–Crippen MR) is 163 cm³/mol. The van der Waals surface area contributed by atoms with Crippen LogP contribution in [0.25, 0.3) is 0 Å². The Morgan fingerprint density at radius 1 is 0.952 bits per heavy atom. The molecule has 1 aliphatic carbocycles. The highest BCUT2D eigenvalue weighted by Gasteiger charge is 2.33. The normalized spacial score (nSPS) is 13.6. The summed E-state index contributed by atoms with van der Waals surface area (Å²) in [7, 11) is 0. The molecule has 1 heterocycles. The van der Waals surface area contributed by atoms with Crippen LogP contribution in [0.4, 0.5) is 11.4 Å². The van der Waals surface area contributed by atoms with Gasteiger partial charge in [-0.3, -0.25) is 14.4 Å². The number of benzene rings is 3. The van der Waals surface area contributed by atoms with Crippen molar-refractivity contribution >= 4 is 29.1 Å². The van der Waals surface area contributed by atoms with Gasteiger partial charge in [-0.15, -0.1) is 0 Å². The lowest BCUT2D eigenvalue weighted by atomic mass is 10.1. The minimum atomic E-state index is -0.211. The molecule has 1 aliphatic heterocycles. The number of nitrogens with one attached hydrogen (secondary N) is 2. The molecule has 42 heavy (non-hydrogen) atoms. The van der Waals surface area contributed by atoms with E-state index in [1.807, 2.05) is 41.3 Å². The number of hydrogen-bond donors (Lipinski definition) is 3. The number of carbonyl (C=O) groups is 3. The first-order valence-electron chi connectivity index (χ1n) is 14.6. The quantitative estimate of drug-likeness (QED) is 0.215. The smallest absolute Gasteiger partial charge is 0.262 e. The number of carbonyl (C=O) groups excluding carboxylic acids is 3. The summed E-state index contributed by atoms with van der Waals surface area (Å²) in [5, 5.41) is 5.69. The van der Waals surface area contributed by atoms with Crippen LogP contribution in [-0.4, -0.2) is 41.8 Å². The van der Waals surface area contributed by atoms with Crippen LogP contribution < -0.4 is 21.1 Å². The fourth-order valence-electron chi connectivity index (χ4n) is 4.80. The number of ether oxygens (including phenoxy) is 1. The minimum absolute atomic E-state index is 0.0621. The molecule has 0 bridgehead atoms. The molecule has 4 N–H and O–H groups in total. The fourth-order valence-corrected chi connectivity index (χ4v) is 4.80. The average Bonchev–Trinajstić information content (AvgIpc) is 3.85. The lowest BCUT2D eigenvalue weighted by molar-refractivity contribution is -0.118. The van der Waals surface area contributed by atoms with Crippen molar-refractivity contribution in [3.05, 3.63) is 89.0 Å². The van der Waals surface area contributed by atoms with E-state index in [0.717, 1.165) is 62.6 Å². The molecule has 8 heteroatoms. The van der Waals surface area contributed by atoms with Gasteiger partial charge in [-0.1, -0.05) is 36.8 Å². The van der Waals surface area contributed by atoms with Gasteiger partial charge in [-0.25, -0.2) is 0 Å². The molecule has 3 amide bonds. The van der Waals surface area contributed by atoms with Crippen LogP contribution in [0.15, 0.2) is 66.7 Å². The standard InChI is InChI=1S/C34H36N4O4/c35-20-6-4-2-1-3-5-7-24-10-15-28(16-11-24)36-33(40)26-12-8-25(9-13-26)22-38(29-17-18-29)34(41)27-14-19-30-31(21-27)42-23-32(39)37-30/h8-16,19,21,29H,1-4,6,17-18,20,22-23,35H2,(H,36,40)(H,37,39). The summed E-state index contributed by atoms with van der Waals surface area (Å²) in [5.74, 6) is 6.39. The first-order valence-corrected chi connectivity index (χ1v) is 14.6. The zero-order valence-corrected chi connectivity index (χ0v) is 23.7. The number of rotatable bonds is 11. The predicted octanol–water partition coefficient (Wildman–Crippen LogP) is 5.34. The van der Waals surface area contributed by atoms with Gasteiger partial charge < -0.3 is 26.0 Å². The van der Waals surface area contributed by atoms with Gasteiger partial charge >= 0.3 is 0 Å². The number of amides is 3. The molecule has 3 aromatic carbocycles. The maximum absolute atomic E-state index is 13.4. The van der Waals surface area contributed by atoms with Gasteiger partial charge in [0.15, 0.2) is 6.61 Å². The highest BCUT2D eigenvalue weighted by atomic mass is 16.5. The lowest BCUT2D eigenvalue weighted by Gasteiger charge is -2.24. The number of nitrogens with two attached hydrogens (primary N) is 1. The Balaban J connectivity index is 1.15. The largest absolute Gasteiger partial charge is 0.482 e. The molecule has 1 fully saturated rings. The van der Waals surface area contributed by atoms with Crippen LogP contribution in [0.1, 0.15) is 76.8 Å². The van der Waals surface area contributed by atoms with E-state index in [0.29, 0.717) is 34.8 Å². The van der Waals surface area contributed by atoms with Crippen LogP contribution in [-0.2, 0) is 11.3 Å². The Morgan fingerprint density at radius 3 is 2.43 bits per heavy atom. The van der Waals surface area contributed by atoms with Crippen LogP contribution >= 0.6 is 0 Å². The molecule has 216 valence electrons. The monoisotopic (exact) mass is 564 g/mol. The van der Waals surface area contributed by atoms with Gasteiger partial charge in [-0.2, -0.15) is 0 Å². The van der Waals surface area contributed by atoms with Gasteiger partial charge in [0.1, 0.15) is 5.75 Å². The van der Waals surface area contributed by atoms with Crippen LogP contribution in [0.2, 0.25) is 0 Å². The average molecular weight is 565 g/mol. The lowest BCUT2D eigenvalue weighted by Crippen LogP contribution is -2.33. The number of unbranched alkanes of at least 4 members (excludes halogenated alkanes) is 4. The van der Waals surface area contributed by atoms with E-state index in [1.54, 1.807) is 30.3 Å². The summed E-state index contributed by atoms with van der Waals surface area (Å²) in [5.41, 5.74) is 9.71. The summed E-state index contributed by atoms with van der Waals surface area (Å²) >= 11 is 0. The number of fused-ring (bicyclic) bond motifs is 1. The van der Waals surface area contributed by atoms with E-state index < -0.39 is 0 Å². The van der Waals surface area contributed by atoms with Crippen molar-refractivity contribution in [2.75, 3.05) is 23.8 Å². The van der Waals surface area contributed by atoms with Crippen molar-refractivity contribution in [1.82, 2.24) is 4.90 Å². The van der Waals surface area contributed by atoms with E-state index in [4.69, 9.17) is 10.5 Å². The highest BCUT2D eigenvalue weighted by Crippen LogP contribution is 2.33. The molecular formula is C34H36N4O4. The maximum Gasteiger partial charge on any atom is 0.262 e. The molecule has 0 unspecified atom stereocenters. The molecule has 0 atom stereocenters. The molecule has 8 nitrogen and oxygen atoms in total. The van der Waals surface area contributed by atoms with Crippen molar-refractivity contribution in [1.29, 1.82) is 0 Å². The number of hydrogen-bond acceptors (Lipinski definition) is 5. The highest BCUT2D eigenvalue weighted by molar-refractivity contribution is 6.04. The van der Waals surface area contributed by atoms with Crippen molar-refractivity contribution in [3.63, 3.8) is 0 Å². The topological polar surface area (TPSA) is 114 Å². The summed E-state index contributed by atoms with van der Waals surface area (Å²) in [6.07, 6.45) is 7.26. The molecule has 3 aromatic rings. The van der Waals surface area contributed by atoms with E-state index >= 15 is 0 Å². The van der Waals surface area contributed by atoms with E-state index in [2.05, 4.69) is 22.5 Å². The zero-order chi connectivity index (χ0) is 29.3. The maximum atomic E-state index is 13.4. The summed E-state index contributed by atoms with van der Waals surface area (Å²) in [6.45, 7) is 1.13. The van der Waals surface area contributed by atoms with Gasteiger partial charge in [0, 0.05) is 41.4 Å². The molecule has 5 rings (SSSR count). The summed E-state index contributed by atoms with van der Waals surface area (Å²) in [6, 6.07) is 20.2. The number of nitrogens with zero attached hydrogens (tertiary/aromatic N) is 1. The number of anilines is 2. The first-order chi connectivity index (χ1) is 20.5. The van der Waals surface area contributed by atoms with Gasteiger partial charge in [0.2, 0.25) is 0 Å². The zero-order valence-electron chi connectivity index (χ0n) is 23.7. The third-order valence-electron chi connectivity index (χ3n) is 7.31. The van der Waals surface area contributed by atoms with Crippen molar-refractivity contribution < 1.29 is 19.1 Å². The van der Waals surface area contributed by atoms with Crippen LogP contribution in [0.3, 0.4) is 0 Å². The molecule has 0 spiro atoms. The Morgan fingerprint density at radius 2 is 1.69 bits per heavy atom. The van der Waals surface area contributed by atoms with Crippen molar-refractivity contribution in [3.8, 4) is 17.6 Å². The Labute approximate surface area is 246 Å². The summed E-state index contributed by atoms with van der Waals surface area (Å²) in [4.78, 5) is 39.7. The van der Waals surface area contributed by atoms with Gasteiger partial charge in [0.05, 0.1) is 5.69 Å². The Kier molecular flexibility index (Phi) is 9.52.